The number of nitrogens with zero attached hydrogens (tertiary/aromatic N) is 1. The van der Waals surface area contributed by atoms with Crippen molar-refractivity contribution in [1.29, 1.82) is 0 Å². The van der Waals surface area contributed by atoms with Crippen molar-refractivity contribution in [2.75, 3.05) is 11.4 Å². The number of halogens is 2. The van der Waals surface area contributed by atoms with Crippen molar-refractivity contribution in [3.8, 4) is 0 Å². The Morgan fingerprint density at radius 1 is 1.44 bits per heavy atom. The van der Waals surface area contributed by atoms with Crippen molar-refractivity contribution in [3.05, 3.63) is 29.0 Å². The predicted molar refractivity (Wildman–Crippen MR) is 62.5 cm³/mol. The van der Waals surface area contributed by atoms with Gasteiger partial charge in [0.15, 0.2) is 0 Å². The van der Waals surface area contributed by atoms with E-state index in [1.54, 1.807) is 6.07 Å². The molecule has 0 amide bonds. The predicted octanol–water partition coefficient (Wildman–Crippen LogP) is 3.04. The van der Waals surface area contributed by atoms with Gasteiger partial charge < -0.3 is 4.90 Å². The average Bonchev–Trinajstić information content (AvgIpc) is 2.15. The van der Waals surface area contributed by atoms with E-state index < -0.39 is 0 Å². The van der Waals surface area contributed by atoms with Crippen LogP contribution in [0.4, 0.5) is 10.1 Å². The minimum atomic E-state index is -0.341. The van der Waals surface area contributed by atoms with Gasteiger partial charge in [-0.3, -0.25) is 4.79 Å². The fourth-order valence-corrected chi connectivity index (χ4v) is 2.31. The van der Waals surface area contributed by atoms with E-state index in [-0.39, 0.29) is 17.6 Å². The first-order valence-corrected chi connectivity index (χ1v) is 5.68. The van der Waals surface area contributed by atoms with E-state index in [4.69, 9.17) is 11.6 Å². The molecule has 1 atom stereocenters. The maximum atomic E-state index is 13.2. The Hall–Kier alpha value is -1.09. The third-order valence-corrected chi connectivity index (χ3v) is 3.08. The van der Waals surface area contributed by atoms with Gasteiger partial charge in [0, 0.05) is 36.1 Å². The molecule has 0 aromatic heterocycles. The number of anilines is 1. The zero-order chi connectivity index (χ0) is 11.7. The van der Waals surface area contributed by atoms with Crippen LogP contribution in [0.2, 0.25) is 5.02 Å². The summed E-state index contributed by atoms with van der Waals surface area (Å²) in [5.41, 5.74) is 0.755. The topological polar surface area (TPSA) is 20.3 Å². The van der Waals surface area contributed by atoms with Crippen molar-refractivity contribution in [2.24, 2.45) is 0 Å². The lowest BCUT2D eigenvalue weighted by Crippen LogP contribution is -2.41. The minimum Gasteiger partial charge on any atom is -0.368 e. The van der Waals surface area contributed by atoms with Crippen molar-refractivity contribution in [1.82, 2.24) is 0 Å². The second kappa shape index (κ2) is 4.42. The van der Waals surface area contributed by atoms with Crippen molar-refractivity contribution < 1.29 is 9.18 Å². The molecule has 1 saturated heterocycles. The van der Waals surface area contributed by atoms with Crippen molar-refractivity contribution in [2.45, 2.75) is 25.8 Å². The van der Waals surface area contributed by atoms with E-state index in [0.29, 0.717) is 24.4 Å². The summed E-state index contributed by atoms with van der Waals surface area (Å²) >= 11 is 5.81. The summed E-state index contributed by atoms with van der Waals surface area (Å²) < 4.78 is 13.2. The van der Waals surface area contributed by atoms with Crippen LogP contribution >= 0.6 is 11.6 Å². The van der Waals surface area contributed by atoms with Gasteiger partial charge in [-0.1, -0.05) is 11.6 Å². The van der Waals surface area contributed by atoms with E-state index >= 15 is 0 Å². The molecule has 2 rings (SSSR count). The highest BCUT2D eigenvalue weighted by Gasteiger charge is 2.24. The number of Topliss-reactive ketones (excluding diaryl/α,β-unsaturated/α-hetero) is 1. The SMILES string of the molecule is CC1CC(=O)CCN1c1cc(F)cc(Cl)c1. The van der Waals surface area contributed by atoms with Gasteiger partial charge in [-0.2, -0.15) is 0 Å². The van der Waals surface area contributed by atoms with Gasteiger partial charge in [-0.25, -0.2) is 4.39 Å². The number of ketones is 1. The van der Waals surface area contributed by atoms with Gasteiger partial charge in [-0.15, -0.1) is 0 Å². The summed E-state index contributed by atoms with van der Waals surface area (Å²) in [6.45, 7) is 2.61. The molecule has 1 aromatic carbocycles. The molecule has 0 aliphatic carbocycles. The van der Waals surface area contributed by atoms with Gasteiger partial charge in [-0.05, 0) is 25.1 Å². The highest BCUT2D eigenvalue weighted by molar-refractivity contribution is 6.30. The average molecular weight is 242 g/mol. The van der Waals surface area contributed by atoms with Crippen LogP contribution < -0.4 is 4.90 Å². The Balaban J connectivity index is 2.26. The van der Waals surface area contributed by atoms with Crippen LogP contribution in [-0.2, 0) is 4.79 Å². The molecule has 4 heteroatoms. The van der Waals surface area contributed by atoms with Crippen LogP contribution in [0.1, 0.15) is 19.8 Å². The van der Waals surface area contributed by atoms with E-state index in [9.17, 15) is 9.18 Å². The minimum absolute atomic E-state index is 0.110. The molecule has 16 heavy (non-hydrogen) atoms. The molecule has 1 unspecified atom stereocenters. The molecule has 1 aliphatic heterocycles. The van der Waals surface area contributed by atoms with E-state index in [0.717, 1.165) is 5.69 Å². The van der Waals surface area contributed by atoms with Crippen LogP contribution in [0.15, 0.2) is 18.2 Å². The van der Waals surface area contributed by atoms with Gasteiger partial charge in [0.1, 0.15) is 11.6 Å². The third-order valence-electron chi connectivity index (χ3n) is 2.87. The maximum absolute atomic E-state index is 13.2. The highest BCUT2D eigenvalue weighted by Crippen LogP contribution is 2.26. The second-order valence-electron chi connectivity index (χ2n) is 4.16. The zero-order valence-electron chi connectivity index (χ0n) is 9.04. The van der Waals surface area contributed by atoms with Crippen LogP contribution in [0, 0.1) is 5.82 Å². The Labute approximate surface area is 99.0 Å². The van der Waals surface area contributed by atoms with Gasteiger partial charge in [0.05, 0.1) is 0 Å². The Bertz CT molecular complexity index is 401. The molecule has 2 nitrogen and oxygen atoms in total. The highest BCUT2D eigenvalue weighted by atomic mass is 35.5. The van der Waals surface area contributed by atoms with Crippen LogP contribution in [0.5, 0.6) is 0 Å². The molecule has 0 spiro atoms. The first-order valence-electron chi connectivity index (χ1n) is 5.30. The molecule has 0 radical (unpaired) electrons. The molecular weight excluding hydrogens is 229 g/mol. The molecule has 0 saturated carbocycles. The van der Waals surface area contributed by atoms with Gasteiger partial charge in [0.2, 0.25) is 0 Å². The summed E-state index contributed by atoms with van der Waals surface area (Å²) in [4.78, 5) is 13.3. The summed E-state index contributed by atoms with van der Waals surface area (Å²) in [7, 11) is 0. The third kappa shape index (κ3) is 2.35. The summed E-state index contributed by atoms with van der Waals surface area (Å²) in [5.74, 6) is -0.0714. The number of carbonyl (C=O) groups excluding carboxylic acids is 1. The number of hydrogen-bond acceptors (Lipinski definition) is 2. The number of benzene rings is 1. The molecule has 1 heterocycles. The number of carbonyl (C=O) groups is 1. The quantitative estimate of drug-likeness (QED) is 0.753. The van der Waals surface area contributed by atoms with Crippen LogP contribution in [0.3, 0.4) is 0 Å². The Morgan fingerprint density at radius 3 is 2.81 bits per heavy atom. The lowest BCUT2D eigenvalue weighted by Gasteiger charge is -2.34. The maximum Gasteiger partial charge on any atom is 0.136 e. The summed E-state index contributed by atoms with van der Waals surface area (Å²) in [5, 5.41) is 0.388. The van der Waals surface area contributed by atoms with Gasteiger partial charge in [0.25, 0.3) is 0 Å². The first-order chi connectivity index (χ1) is 7.56. The summed E-state index contributed by atoms with van der Waals surface area (Å²) in [6, 6.07) is 4.58. The fraction of sp³-hybridized carbons (Fsp3) is 0.417. The van der Waals surface area contributed by atoms with Gasteiger partial charge >= 0.3 is 0 Å². The molecule has 0 N–H and O–H groups in total. The lowest BCUT2D eigenvalue weighted by atomic mass is 10.0. The second-order valence-corrected chi connectivity index (χ2v) is 4.60. The van der Waals surface area contributed by atoms with E-state index in [1.807, 2.05) is 11.8 Å². The lowest BCUT2D eigenvalue weighted by molar-refractivity contribution is -0.120. The van der Waals surface area contributed by atoms with Crippen LogP contribution in [-0.4, -0.2) is 18.4 Å². The van der Waals surface area contributed by atoms with Crippen molar-refractivity contribution >= 4 is 23.1 Å². The largest absolute Gasteiger partial charge is 0.368 e. The first kappa shape index (κ1) is 11.4. The molecule has 86 valence electrons. The number of rotatable bonds is 1. The van der Waals surface area contributed by atoms with E-state index in [2.05, 4.69) is 0 Å². The molecule has 1 aliphatic rings. The Morgan fingerprint density at radius 2 is 2.19 bits per heavy atom. The molecule has 1 aromatic rings. The fourth-order valence-electron chi connectivity index (χ4n) is 2.10. The zero-order valence-corrected chi connectivity index (χ0v) is 9.80. The Kier molecular flexibility index (Phi) is 3.15. The molecular formula is C12H13ClFNO. The van der Waals surface area contributed by atoms with Crippen LogP contribution in [0.25, 0.3) is 0 Å². The number of hydrogen-bond donors (Lipinski definition) is 0. The summed E-state index contributed by atoms with van der Waals surface area (Å²) in [6.07, 6.45) is 1.05. The standard InChI is InChI=1S/C12H13ClFNO/c1-8-4-12(16)2-3-15(8)11-6-9(13)5-10(14)7-11/h5-8H,2-4H2,1H3. The monoisotopic (exact) mass is 241 g/mol. The molecule has 1 fully saturated rings. The van der Waals surface area contributed by atoms with Crippen molar-refractivity contribution in [3.63, 3.8) is 0 Å². The smallest absolute Gasteiger partial charge is 0.136 e. The normalized spacial score (nSPS) is 21.3. The van der Waals surface area contributed by atoms with E-state index in [1.165, 1.54) is 12.1 Å². The molecule has 0 bridgehead atoms. The number of piperidine rings is 1.